The van der Waals surface area contributed by atoms with Crippen LogP contribution < -0.4 is 11.1 Å². The Labute approximate surface area is 244 Å². The minimum Gasteiger partial charge on any atom is -0.367 e. The summed E-state index contributed by atoms with van der Waals surface area (Å²) < 4.78 is 0. The number of anilines is 1. The Morgan fingerprint density at radius 1 is 1.00 bits per heavy atom. The molecule has 3 aromatic carbocycles. The van der Waals surface area contributed by atoms with Crippen LogP contribution in [0.3, 0.4) is 0 Å². The van der Waals surface area contributed by atoms with Crippen molar-refractivity contribution in [3.8, 4) is 28.5 Å². The van der Waals surface area contributed by atoms with Gasteiger partial charge in [-0.15, -0.1) is 0 Å². The summed E-state index contributed by atoms with van der Waals surface area (Å²) >= 11 is 0. The summed E-state index contributed by atoms with van der Waals surface area (Å²) in [4.78, 5) is 27.6. The van der Waals surface area contributed by atoms with E-state index in [2.05, 4.69) is 63.5 Å². The maximum Gasteiger partial charge on any atom is 0.248 e. The molecule has 1 saturated heterocycles. The van der Waals surface area contributed by atoms with E-state index in [0.29, 0.717) is 17.4 Å². The van der Waals surface area contributed by atoms with Crippen LogP contribution >= 0.6 is 0 Å². The van der Waals surface area contributed by atoms with Crippen LogP contribution in [0, 0.1) is 18.3 Å². The fourth-order valence-corrected chi connectivity index (χ4v) is 5.71. The lowest BCUT2D eigenvalue weighted by molar-refractivity contribution is 0.100. The molecule has 8 nitrogen and oxygen atoms in total. The Morgan fingerprint density at radius 2 is 1.76 bits per heavy atom. The van der Waals surface area contributed by atoms with Crippen LogP contribution in [-0.4, -0.2) is 44.9 Å². The minimum atomic E-state index is -0.462. The lowest BCUT2D eigenvalue weighted by Crippen LogP contribution is -2.38. The third-order valence-electron chi connectivity index (χ3n) is 7.92. The van der Waals surface area contributed by atoms with Crippen LogP contribution in [0.4, 0.5) is 5.82 Å². The zero-order valence-corrected chi connectivity index (χ0v) is 23.4. The number of nitrogens with two attached hydrogens (primary N) is 1. The molecule has 208 valence electrons. The second kappa shape index (κ2) is 11.8. The van der Waals surface area contributed by atoms with E-state index < -0.39 is 5.91 Å². The normalized spacial score (nSPS) is 14.0. The fourth-order valence-electron chi connectivity index (χ4n) is 5.71. The molecule has 3 heterocycles. The number of carbonyl (C=O) groups excluding carboxylic acids is 1. The maximum absolute atomic E-state index is 11.9. The van der Waals surface area contributed by atoms with Crippen LogP contribution in [0.15, 0.2) is 85.1 Å². The number of likely N-dealkylation sites (tertiary alicyclic amines) is 1. The first-order valence-electron chi connectivity index (χ1n) is 14.1. The summed E-state index contributed by atoms with van der Waals surface area (Å²) in [6, 6.07) is 28.6. The van der Waals surface area contributed by atoms with Crippen molar-refractivity contribution in [3.05, 3.63) is 108 Å². The third kappa shape index (κ3) is 5.69. The number of aromatic nitrogens is 3. The zero-order valence-electron chi connectivity index (χ0n) is 23.4. The molecule has 1 aliphatic heterocycles. The molecule has 6 rings (SSSR count). The summed E-state index contributed by atoms with van der Waals surface area (Å²) in [5.41, 5.74) is 13.2. The molecule has 0 unspecified atom stereocenters. The smallest absolute Gasteiger partial charge is 0.248 e. The first-order valence-corrected chi connectivity index (χ1v) is 14.1. The van der Waals surface area contributed by atoms with Crippen molar-refractivity contribution >= 4 is 22.6 Å². The Kier molecular flexibility index (Phi) is 7.58. The van der Waals surface area contributed by atoms with Crippen molar-refractivity contribution in [2.45, 2.75) is 32.4 Å². The van der Waals surface area contributed by atoms with Gasteiger partial charge in [0, 0.05) is 53.9 Å². The number of primary amides is 1. The Hall–Kier alpha value is -5.13. The number of nitrogens with zero attached hydrogens (tertiary/aromatic N) is 5. The lowest BCUT2D eigenvalue weighted by Gasteiger charge is -2.32. The van der Waals surface area contributed by atoms with E-state index >= 15 is 0 Å². The average molecular weight is 554 g/mol. The van der Waals surface area contributed by atoms with E-state index in [4.69, 9.17) is 16.0 Å². The summed E-state index contributed by atoms with van der Waals surface area (Å²) in [6.45, 7) is 4.93. The number of nitrogens with one attached hydrogen (secondary N) is 1. The molecule has 1 aliphatic rings. The molecule has 2 aromatic heterocycles. The van der Waals surface area contributed by atoms with Crippen LogP contribution in [-0.2, 0) is 6.54 Å². The Balaban J connectivity index is 1.21. The van der Waals surface area contributed by atoms with Gasteiger partial charge in [-0.25, -0.2) is 15.0 Å². The van der Waals surface area contributed by atoms with Crippen LogP contribution in [0.2, 0.25) is 0 Å². The highest BCUT2D eigenvalue weighted by molar-refractivity contribution is 6.00. The molecule has 3 N–H and O–H groups in total. The first kappa shape index (κ1) is 27.1. The number of piperidine rings is 1. The Bertz CT molecular complexity index is 1790. The van der Waals surface area contributed by atoms with Gasteiger partial charge >= 0.3 is 0 Å². The van der Waals surface area contributed by atoms with E-state index in [-0.39, 0.29) is 5.82 Å². The van der Waals surface area contributed by atoms with Crippen LogP contribution in [0.25, 0.3) is 33.3 Å². The number of aryl methyl sites for hydroxylation is 1. The molecule has 8 heteroatoms. The van der Waals surface area contributed by atoms with E-state index in [1.165, 1.54) is 5.56 Å². The van der Waals surface area contributed by atoms with Crippen molar-refractivity contribution in [2.24, 2.45) is 5.73 Å². The number of pyridine rings is 1. The third-order valence-corrected chi connectivity index (χ3v) is 7.92. The van der Waals surface area contributed by atoms with Crippen molar-refractivity contribution in [2.75, 3.05) is 18.4 Å². The molecule has 0 spiro atoms. The van der Waals surface area contributed by atoms with Crippen molar-refractivity contribution in [1.82, 2.24) is 19.9 Å². The van der Waals surface area contributed by atoms with Crippen molar-refractivity contribution in [3.63, 3.8) is 0 Å². The number of carbonyl (C=O) groups is 1. The molecular formula is C34H31N7O. The number of fused-ring (bicyclic) bond motifs is 1. The molecule has 0 atom stereocenters. The van der Waals surface area contributed by atoms with Gasteiger partial charge in [-0.3, -0.25) is 9.69 Å². The van der Waals surface area contributed by atoms with Gasteiger partial charge in [-0.2, -0.15) is 5.26 Å². The minimum absolute atomic E-state index is 0.182. The van der Waals surface area contributed by atoms with Crippen molar-refractivity contribution < 1.29 is 4.79 Å². The highest BCUT2D eigenvalue weighted by Crippen LogP contribution is 2.37. The van der Waals surface area contributed by atoms with Crippen LogP contribution in [0.1, 0.15) is 40.2 Å². The Morgan fingerprint density at radius 3 is 2.48 bits per heavy atom. The second-order valence-corrected chi connectivity index (χ2v) is 10.7. The predicted octanol–water partition coefficient (Wildman–Crippen LogP) is 5.71. The predicted molar refractivity (Wildman–Crippen MR) is 165 cm³/mol. The number of nitriles is 1. The van der Waals surface area contributed by atoms with E-state index in [1.807, 2.05) is 30.3 Å². The molecule has 0 bridgehead atoms. The zero-order chi connectivity index (χ0) is 29.1. The lowest BCUT2D eigenvalue weighted by atomic mass is 9.92. The van der Waals surface area contributed by atoms with E-state index in [0.717, 1.165) is 71.3 Å². The maximum atomic E-state index is 11.9. The fraction of sp³-hybridized carbons (Fsp3) is 0.206. The second-order valence-electron chi connectivity index (χ2n) is 10.7. The molecule has 0 radical (unpaired) electrons. The highest BCUT2D eigenvalue weighted by atomic mass is 16.1. The van der Waals surface area contributed by atoms with Gasteiger partial charge in [0.2, 0.25) is 11.7 Å². The summed E-state index contributed by atoms with van der Waals surface area (Å²) in [5.74, 6) is 0.423. The number of hydrogen-bond donors (Lipinski definition) is 2. The molecule has 5 aromatic rings. The SMILES string of the molecule is Cc1c(-c2ccccc2)c(-c2ccc(CN3CCC(Nc4ccnc(C#N)n4)CC3)cc2)nc2cc(C(N)=O)ccc12. The van der Waals surface area contributed by atoms with Gasteiger partial charge in [0.15, 0.2) is 0 Å². The molecule has 0 saturated carbocycles. The number of rotatable bonds is 7. The number of benzene rings is 3. The number of amides is 1. The number of hydrogen-bond acceptors (Lipinski definition) is 7. The first-order chi connectivity index (χ1) is 20.5. The van der Waals surface area contributed by atoms with Gasteiger partial charge in [0.05, 0.1) is 11.2 Å². The van der Waals surface area contributed by atoms with Crippen LogP contribution in [0.5, 0.6) is 0 Å². The quantitative estimate of drug-likeness (QED) is 0.265. The standard InChI is InChI=1S/C34H31N7O/c1-22-28-12-11-26(34(36)42)19-29(28)39-33(32(22)24-5-3-2-4-6-24)25-9-7-23(8-10-25)21-41-17-14-27(15-18-41)38-30-13-16-37-31(20-35)40-30/h2-13,16,19,27H,14-15,17-18,21H2,1H3,(H2,36,42)(H,37,38,40). The topological polar surface area (TPSA) is 121 Å². The largest absolute Gasteiger partial charge is 0.367 e. The van der Waals surface area contributed by atoms with Gasteiger partial charge < -0.3 is 11.1 Å². The summed E-state index contributed by atoms with van der Waals surface area (Å²) in [5, 5.41) is 13.5. The van der Waals surface area contributed by atoms with Gasteiger partial charge in [0.25, 0.3) is 0 Å². The molecule has 42 heavy (non-hydrogen) atoms. The van der Waals surface area contributed by atoms with E-state index in [1.54, 1.807) is 24.4 Å². The van der Waals surface area contributed by atoms with Gasteiger partial charge in [-0.1, -0.05) is 60.7 Å². The molecule has 0 aliphatic carbocycles. The highest BCUT2D eigenvalue weighted by Gasteiger charge is 2.20. The summed E-state index contributed by atoms with van der Waals surface area (Å²) in [6.07, 6.45) is 3.61. The van der Waals surface area contributed by atoms with Gasteiger partial charge in [-0.05, 0) is 54.7 Å². The molecule has 1 amide bonds. The average Bonchev–Trinajstić information content (AvgIpc) is 3.02. The molecular weight excluding hydrogens is 522 g/mol. The molecule has 1 fully saturated rings. The van der Waals surface area contributed by atoms with Crippen molar-refractivity contribution in [1.29, 1.82) is 5.26 Å². The monoisotopic (exact) mass is 553 g/mol. The van der Waals surface area contributed by atoms with Gasteiger partial charge in [0.1, 0.15) is 11.9 Å². The van der Waals surface area contributed by atoms with E-state index in [9.17, 15) is 4.79 Å². The summed E-state index contributed by atoms with van der Waals surface area (Å²) in [7, 11) is 0.